The van der Waals surface area contributed by atoms with Crippen molar-refractivity contribution in [2.75, 3.05) is 22.6 Å². The Hall–Kier alpha value is -4.34. The molecule has 0 atom stereocenters. The molecule has 0 saturated carbocycles. The van der Waals surface area contributed by atoms with Crippen molar-refractivity contribution < 1.29 is 23.6 Å². The van der Waals surface area contributed by atoms with E-state index in [-0.39, 0.29) is 17.9 Å². The van der Waals surface area contributed by atoms with Gasteiger partial charge in [0, 0.05) is 34.1 Å². The maximum absolute atomic E-state index is 12.7. The molecule has 3 heterocycles. The number of nitrogens with one attached hydrogen (secondary N) is 4. The summed E-state index contributed by atoms with van der Waals surface area (Å²) in [7, 11) is 0. The highest BCUT2D eigenvalue weighted by molar-refractivity contribution is 6.35. The van der Waals surface area contributed by atoms with Gasteiger partial charge in [-0.3, -0.25) is 10.1 Å². The number of carbonyl (C=O) groups is 3. The number of esters is 1. The Morgan fingerprint density at radius 1 is 1.17 bits per heavy atom. The number of aryl methyl sites for hydroxylation is 1. The summed E-state index contributed by atoms with van der Waals surface area (Å²) in [6.45, 7) is 11.6. The molecule has 188 valence electrons. The van der Waals surface area contributed by atoms with Crippen LogP contribution in [0.1, 0.15) is 66.3 Å². The van der Waals surface area contributed by atoms with E-state index in [2.05, 4.69) is 26.1 Å². The van der Waals surface area contributed by atoms with E-state index in [1.54, 1.807) is 51.1 Å². The third-order valence-electron chi connectivity index (χ3n) is 5.80. The van der Waals surface area contributed by atoms with E-state index in [0.29, 0.717) is 56.6 Å². The van der Waals surface area contributed by atoms with Crippen molar-refractivity contribution in [3.8, 4) is 0 Å². The van der Waals surface area contributed by atoms with E-state index in [4.69, 9.17) is 9.26 Å². The lowest BCUT2D eigenvalue weighted by Gasteiger charge is -2.12. The third-order valence-corrected chi connectivity index (χ3v) is 5.80. The van der Waals surface area contributed by atoms with E-state index >= 15 is 0 Å². The van der Waals surface area contributed by atoms with E-state index in [1.165, 1.54) is 0 Å². The lowest BCUT2D eigenvalue weighted by Crippen LogP contribution is -2.19. The average molecular weight is 492 g/mol. The summed E-state index contributed by atoms with van der Waals surface area (Å²) >= 11 is 0. The van der Waals surface area contributed by atoms with Crippen LogP contribution >= 0.6 is 0 Å². The first kappa shape index (κ1) is 24.8. The molecule has 3 amide bonds. The SMILES string of the molecule is CCOC(=O)c1c(C)[nH]c(/C=C2\C(=O)Nc3cc(NC(=O)Nc4cc(C(C)(C)C)on4)ccc32)c1C. The summed E-state index contributed by atoms with van der Waals surface area (Å²) in [4.78, 5) is 40.6. The number of hydrogen-bond acceptors (Lipinski definition) is 6. The number of hydrogen-bond donors (Lipinski definition) is 4. The predicted molar refractivity (Wildman–Crippen MR) is 137 cm³/mol. The van der Waals surface area contributed by atoms with Gasteiger partial charge in [0.05, 0.1) is 23.4 Å². The lowest BCUT2D eigenvalue weighted by atomic mass is 9.93. The molecule has 0 fully saturated rings. The van der Waals surface area contributed by atoms with E-state index in [9.17, 15) is 14.4 Å². The number of anilines is 3. The van der Waals surface area contributed by atoms with Gasteiger partial charge < -0.3 is 24.9 Å². The molecule has 1 aliphatic heterocycles. The fourth-order valence-corrected chi connectivity index (χ4v) is 3.95. The maximum atomic E-state index is 12.7. The molecule has 36 heavy (non-hydrogen) atoms. The predicted octanol–water partition coefficient (Wildman–Crippen LogP) is 5.23. The van der Waals surface area contributed by atoms with Crippen molar-refractivity contribution in [1.29, 1.82) is 0 Å². The topological polar surface area (TPSA) is 138 Å². The van der Waals surface area contributed by atoms with E-state index in [0.717, 1.165) is 0 Å². The summed E-state index contributed by atoms with van der Waals surface area (Å²) in [5, 5.41) is 12.1. The second-order valence-corrected chi connectivity index (χ2v) is 9.56. The zero-order valence-corrected chi connectivity index (χ0v) is 21.1. The second kappa shape index (κ2) is 9.37. The van der Waals surface area contributed by atoms with Crippen LogP contribution in [0.2, 0.25) is 0 Å². The van der Waals surface area contributed by atoms with Crippen molar-refractivity contribution in [3.63, 3.8) is 0 Å². The molecule has 4 N–H and O–H groups in total. The second-order valence-electron chi connectivity index (χ2n) is 9.56. The normalized spacial score (nSPS) is 13.9. The van der Waals surface area contributed by atoms with Crippen molar-refractivity contribution in [3.05, 3.63) is 58.1 Å². The monoisotopic (exact) mass is 491 g/mol. The molecule has 0 unspecified atom stereocenters. The fraction of sp³-hybridized carbons (Fsp3) is 0.308. The minimum atomic E-state index is -0.493. The van der Waals surface area contributed by atoms with Gasteiger partial charge in [-0.25, -0.2) is 9.59 Å². The molecule has 2 aromatic heterocycles. The van der Waals surface area contributed by atoms with Crippen LogP contribution in [0.25, 0.3) is 11.6 Å². The Kier molecular flexibility index (Phi) is 6.45. The fourth-order valence-electron chi connectivity index (χ4n) is 3.95. The average Bonchev–Trinajstić information content (AvgIpc) is 3.45. The van der Waals surface area contributed by atoms with E-state index < -0.39 is 12.0 Å². The van der Waals surface area contributed by atoms with Gasteiger partial charge in [0.1, 0.15) is 5.76 Å². The molecule has 0 radical (unpaired) electrons. The Balaban J connectivity index is 1.52. The van der Waals surface area contributed by atoms with Gasteiger partial charge in [-0.05, 0) is 44.5 Å². The lowest BCUT2D eigenvalue weighted by molar-refractivity contribution is -0.110. The van der Waals surface area contributed by atoms with Crippen molar-refractivity contribution >= 4 is 46.7 Å². The summed E-state index contributed by atoms with van der Waals surface area (Å²) in [5.74, 6) is 0.266. The van der Waals surface area contributed by atoms with Gasteiger partial charge in [0.25, 0.3) is 5.91 Å². The number of amides is 3. The van der Waals surface area contributed by atoms with Crippen LogP contribution in [0.15, 0.2) is 28.8 Å². The van der Waals surface area contributed by atoms with Gasteiger partial charge >= 0.3 is 12.0 Å². The van der Waals surface area contributed by atoms with Gasteiger partial charge in [-0.2, -0.15) is 0 Å². The van der Waals surface area contributed by atoms with Crippen LogP contribution in [0.3, 0.4) is 0 Å². The van der Waals surface area contributed by atoms with Crippen LogP contribution < -0.4 is 16.0 Å². The highest BCUT2D eigenvalue weighted by Gasteiger charge is 2.26. The molecule has 0 aliphatic carbocycles. The number of aromatic nitrogens is 2. The molecule has 10 nitrogen and oxygen atoms in total. The van der Waals surface area contributed by atoms with Crippen LogP contribution in [-0.4, -0.2) is 34.7 Å². The Bertz CT molecular complexity index is 1390. The zero-order valence-electron chi connectivity index (χ0n) is 21.1. The Morgan fingerprint density at radius 3 is 2.58 bits per heavy atom. The number of rotatable bonds is 5. The highest BCUT2D eigenvalue weighted by atomic mass is 16.5. The first-order valence-electron chi connectivity index (χ1n) is 11.6. The van der Waals surface area contributed by atoms with Crippen LogP contribution in [-0.2, 0) is 14.9 Å². The molecule has 10 heteroatoms. The molecule has 3 aromatic rings. The quantitative estimate of drug-likeness (QED) is 0.285. The third kappa shape index (κ3) is 4.88. The number of H-pyrrole nitrogens is 1. The smallest absolute Gasteiger partial charge is 0.340 e. The maximum Gasteiger partial charge on any atom is 0.340 e. The molecule has 1 aromatic carbocycles. The number of benzene rings is 1. The van der Waals surface area contributed by atoms with Crippen LogP contribution in [0.5, 0.6) is 0 Å². The van der Waals surface area contributed by atoms with Crippen LogP contribution in [0.4, 0.5) is 22.0 Å². The Morgan fingerprint density at radius 2 is 1.92 bits per heavy atom. The van der Waals surface area contributed by atoms with Gasteiger partial charge in [-0.15, -0.1) is 0 Å². The molecule has 0 bridgehead atoms. The number of aromatic amines is 1. The first-order chi connectivity index (χ1) is 17.0. The van der Waals surface area contributed by atoms with E-state index in [1.807, 2.05) is 20.8 Å². The largest absolute Gasteiger partial charge is 0.462 e. The molecular formula is C26H29N5O5. The minimum Gasteiger partial charge on any atom is -0.462 e. The van der Waals surface area contributed by atoms with Gasteiger partial charge in [0.2, 0.25) is 0 Å². The summed E-state index contributed by atoms with van der Waals surface area (Å²) in [5.41, 5.74) is 4.44. The van der Waals surface area contributed by atoms with Gasteiger partial charge in [-0.1, -0.05) is 32.0 Å². The molecule has 4 rings (SSSR count). The molecular weight excluding hydrogens is 462 g/mol. The summed E-state index contributed by atoms with van der Waals surface area (Å²) < 4.78 is 10.4. The number of fused-ring (bicyclic) bond motifs is 1. The number of ether oxygens (including phenoxy) is 1. The molecule has 0 spiro atoms. The minimum absolute atomic E-state index is 0.232. The Labute approximate surface area is 208 Å². The van der Waals surface area contributed by atoms with Crippen LogP contribution in [0, 0.1) is 13.8 Å². The number of urea groups is 1. The molecule has 1 aliphatic rings. The van der Waals surface area contributed by atoms with Crippen molar-refractivity contribution in [1.82, 2.24) is 10.1 Å². The number of nitrogens with zero attached hydrogens (tertiary/aromatic N) is 1. The van der Waals surface area contributed by atoms with Crippen molar-refractivity contribution in [2.24, 2.45) is 0 Å². The first-order valence-corrected chi connectivity index (χ1v) is 11.6. The summed E-state index contributed by atoms with van der Waals surface area (Å²) in [6.07, 6.45) is 1.71. The summed E-state index contributed by atoms with van der Waals surface area (Å²) in [6, 6.07) is 6.31. The highest BCUT2D eigenvalue weighted by Crippen LogP contribution is 2.36. The number of carbonyl (C=O) groups excluding carboxylic acids is 3. The standard InChI is InChI=1S/C26H29N5O5/c1-7-35-24(33)22-13(2)18(27-14(22)3)11-17-16-9-8-15(10-19(16)29-23(17)32)28-25(34)30-21-12-20(36-31-21)26(4,5)6/h8-12,27H,7H2,1-6H3,(H,29,32)(H2,28,30,31,34)/b17-11-. The van der Waals surface area contributed by atoms with Gasteiger partial charge in [0.15, 0.2) is 5.82 Å². The zero-order chi connectivity index (χ0) is 26.2. The van der Waals surface area contributed by atoms with Crippen molar-refractivity contribution in [2.45, 2.75) is 47.0 Å². The molecule has 0 saturated heterocycles.